The van der Waals surface area contributed by atoms with Crippen molar-refractivity contribution in [1.29, 1.82) is 5.26 Å². The molecule has 0 saturated carbocycles. The zero-order valence-electron chi connectivity index (χ0n) is 9.89. The van der Waals surface area contributed by atoms with Gasteiger partial charge in [0.05, 0.1) is 12.0 Å². The second-order valence-electron chi connectivity index (χ2n) is 4.71. The van der Waals surface area contributed by atoms with Gasteiger partial charge in [0.2, 0.25) is 11.8 Å². The highest BCUT2D eigenvalue weighted by Gasteiger charge is 2.30. The molecule has 0 spiro atoms. The van der Waals surface area contributed by atoms with E-state index >= 15 is 0 Å². The van der Waals surface area contributed by atoms with E-state index in [1.54, 1.807) is 4.90 Å². The third kappa shape index (κ3) is 2.76. The molecule has 0 atom stereocenters. The summed E-state index contributed by atoms with van der Waals surface area (Å²) in [7, 11) is 0. The van der Waals surface area contributed by atoms with Crippen LogP contribution in [0.1, 0.15) is 25.7 Å². The van der Waals surface area contributed by atoms with Crippen LogP contribution in [-0.4, -0.2) is 47.8 Å². The van der Waals surface area contributed by atoms with Gasteiger partial charge in [0.25, 0.3) is 0 Å². The lowest BCUT2D eigenvalue weighted by atomic mass is 10.0. The number of hydrogen-bond donors (Lipinski definition) is 0. The Bertz CT molecular complexity index is 355. The van der Waals surface area contributed by atoms with Crippen LogP contribution in [0.3, 0.4) is 0 Å². The molecule has 0 aromatic heterocycles. The van der Waals surface area contributed by atoms with Gasteiger partial charge in [-0.1, -0.05) is 0 Å². The van der Waals surface area contributed by atoms with Crippen LogP contribution in [0.2, 0.25) is 0 Å². The Morgan fingerprint density at radius 2 is 2.24 bits per heavy atom. The van der Waals surface area contributed by atoms with Crippen LogP contribution in [0.4, 0.5) is 0 Å². The molecule has 2 saturated heterocycles. The van der Waals surface area contributed by atoms with Crippen LogP contribution in [0, 0.1) is 17.2 Å². The molecule has 0 bridgehead atoms. The first kappa shape index (κ1) is 11.9. The first-order valence-electron chi connectivity index (χ1n) is 6.16. The van der Waals surface area contributed by atoms with Gasteiger partial charge in [-0.15, -0.1) is 0 Å². The fourth-order valence-electron chi connectivity index (χ4n) is 2.28. The van der Waals surface area contributed by atoms with Crippen molar-refractivity contribution in [3.63, 3.8) is 0 Å². The minimum atomic E-state index is 0.0270. The summed E-state index contributed by atoms with van der Waals surface area (Å²) in [5, 5.41) is 8.60. The van der Waals surface area contributed by atoms with Gasteiger partial charge in [-0.25, -0.2) is 0 Å². The van der Waals surface area contributed by atoms with Gasteiger partial charge < -0.3 is 9.80 Å². The van der Waals surface area contributed by atoms with Gasteiger partial charge in [0.15, 0.2) is 0 Å². The summed E-state index contributed by atoms with van der Waals surface area (Å²) in [6, 6.07) is 2.15. The van der Waals surface area contributed by atoms with Crippen LogP contribution in [0.15, 0.2) is 0 Å². The van der Waals surface area contributed by atoms with Crippen molar-refractivity contribution in [2.45, 2.75) is 25.7 Å². The Morgan fingerprint density at radius 3 is 2.82 bits per heavy atom. The maximum Gasteiger partial charge on any atom is 0.222 e. The number of nitriles is 1. The van der Waals surface area contributed by atoms with E-state index in [0.29, 0.717) is 32.5 Å². The minimum Gasteiger partial charge on any atom is -0.343 e. The van der Waals surface area contributed by atoms with Crippen molar-refractivity contribution in [3.8, 4) is 6.07 Å². The highest BCUT2D eigenvalue weighted by atomic mass is 16.2. The zero-order valence-corrected chi connectivity index (χ0v) is 9.89. The summed E-state index contributed by atoms with van der Waals surface area (Å²) in [6.07, 6.45) is 2.83. The molecule has 2 heterocycles. The second-order valence-corrected chi connectivity index (χ2v) is 4.71. The summed E-state index contributed by atoms with van der Waals surface area (Å²) in [6.45, 7) is 2.70. The Hall–Kier alpha value is -1.57. The molecule has 0 aromatic rings. The van der Waals surface area contributed by atoms with Crippen molar-refractivity contribution in [2.75, 3.05) is 26.2 Å². The quantitative estimate of drug-likeness (QED) is 0.707. The van der Waals surface area contributed by atoms with E-state index in [0.717, 1.165) is 19.4 Å². The highest BCUT2D eigenvalue weighted by Crippen LogP contribution is 2.16. The Morgan fingerprint density at radius 1 is 1.47 bits per heavy atom. The van der Waals surface area contributed by atoms with Crippen molar-refractivity contribution < 1.29 is 9.59 Å². The van der Waals surface area contributed by atoms with Crippen LogP contribution in [-0.2, 0) is 9.59 Å². The molecule has 0 aliphatic carbocycles. The molecule has 5 nitrogen and oxygen atoms in total. The number of carbonyl (C=O) groups excluding carboxylic acids is 2. The second kappa shape index (κ2) is 5.17. The number of likely N-dealkylation sites (tertiary alicyclic amines) is 2. The largest absolute Gasteiger partial charge is 0.343 e. The van der Waals surface area contributed by atoms with Crippen molar-refractivity contribution >= 4 is 11.8 Å². The van der Waals surface area contributed by atoms with Gasteiger partial charge in [-0.2, -0.15) is 5.26 Å². The molecule has 0 aromatic carbocycles. The van der Waals surface area contributed by atoms with E-state index < -0.39 is 0 Å². The number of rotatable bonds is 4. The summed E-state index contributed by atoms with van der Waals surface area (Å²) < 4.78 is 0. The fourth-order valence-corrected chi connectivity index (χ4v) is 2.28. The van der Waals surface area contributed by atoms with E-state index in [1.165, 1.54) is 0 Å². The molecule has 5 heteroatoms. The van der Waals surface area contributed by atoms with E-state index in [1.807, 2.05) is 4.90 Å². The molecule has 92 valence electrons. The van der Waals surface area contributed by atoms with Gasteiger partial charge in [0, 0.05) is 39.0 Å². The molecule has 0 radical (unpaired) electrons. The number of hydrogen-bond acceptors (Lipinski definition) is 3. The summed E-state index contributed by atoms with van der Waals surface area (Å²) >= 11 is 0. The molecule has 2 aliphatic heterocycles. The van der Waals surface area contributed by atoms with Crippen molar-refractivity contribution in [1.82, 2.24) is 9.80 Å². The van der Waals surface area contributed by atoms with E-state index in [2.05, 4.69) is 6.07 Å². The monoisotopic (exact) mass is 235 g/mol. The van der Waals surface area contributed by atoms with Crippen LogP contribution >= 0.6 is 0 Å². The molecule has 17 heavy (non-hydrogen) atoms. The summed E-state index contributed by atoms with van der Waals surface area (Å²) in [5.41, 5.74) is 0. The Balaban J connectivity index is 1.61. The lowest BCUT2D eigenvalue weighted by Gasteiger charge is -2.35. The summed E-state index contributed by atoms with van der Waals surface area (Å²) in [4.78, 5) is 26.5. The Labute approximate surface area is 101 Å². The maximum absolute atomic E-state index is 11.7. The number of amides is 2. The Kier molecular flexibility index (Phi) is 3.62. The minimum absolute atomic E-state index is 0.0270. The van der Waals surface area contributed by atoms with Crippen LogP contribution < -0.4 is 0 Å². The first-order chi connectivity index (χ1) is 8.20. The first-order valence-corrected chi connectivity index (χ1v) is 6.16. The molecule has 0 N–H and O–H groups in total. The average Bonchev–Trinajstić information content (AvgIpc) is 2.63. The van der Waals surface area contributed by atoms with E-state index in [4.69, 9.17) is 5.26 Å². The predicted octanol–water partition coefficient (Wildman–Crippen LogP) is 0.371. The van der Waals surface area contributed by atoms with Gasteiger partial charge in [-0.3, -0.25) is 9.59 Å². The SMILES string of the molecule is N#CC1CN(C(=O)CCCN2CCCC2=O)C1. The molecular weight excluding hydrogens is 218 g/mol. The predicted molar refractivity (Wildman–Crippen MR) is 60.7 cm³/mol. The third-order valence-corrected chi connectivity index (χ3v) is 3.41. The van der Waals surface area contributed by atoms with E-state index in [9.17, 15) is 9.59 Å². The van der Waals surface area contributed by atoms with Crippen molar-refractivity contribution in [2.24, 2.45) is 5.92 Å². The van der Waals surface area contributed by atoms with Gasteiger partial charge in [0.1, 0.15) is 0 Å². The topological polar surface area (TPSA) is 64.4 Å². The number of carbonyl (C=O) groups is 2. The standard InChI is InChI=1S/C12H17N3O2/c13-7-10-8-15(9-10)12(17)4-2-6-14-5-1-3-11(14)16/h10H,1-6,8-9H2. The van der Waals surface area contributed by atoms with E-state index in [-0.39, 0.29) is 17.7 Å². The number of nitrogens with zero attached hydrogens (tertiary/aromatic N) is 3. The molecule has 2 amide bonds. The molecular formula is C12H17N3O2. The third-order valence-electron chi connectivity index (χ3n) is 3.41. The van der Waals surface area contributed by atoms with Gasteiger partial charge >= 0.3 is 0 Å². The normalized spacial score (nSPS) is 20.3. The molecule has 2 fully saturated rings. The van der Waals surface area contributed by atoms with Gasteiger partial charge in [-0.05, 0) is 12.8 Å². The summed E-state index contributed by atoms with van der Waals surface area (Å²) in [5.74, 6) is 0.355. The smallest absolute Gasteiger partial charge is 0.222 e. The zero-order chi connectivity index (χ0) is 12.3. The highest BCUT2D eigenvalue weighted by molar-refractivity contribution is 5.78. The van der Waals surface area contributed by atoms with Crippen molar-refractivity contribution in [3.05, 3.63) is 0 Å². The average molecular weight is 235 g/mol. The molecule has 2 aliphatic rings. The maximum atomic E-state index is 11.7. The lowest BCUT2D eigenvalue weighted by Crippen LogP contribution is -2.49. The molecule has 2 rings (SSSR count). The van der Waals surface area contributed by atoms with Crippen LogP contribution in [0.25, 0.3) is 0 Å². The van der Waals surface area contributed by atoms with Crippen LogP contribution in [0.5, 0.6) is 0 Å². The fraction of sp³-hybridized carbons (Fsp3) is 0.750. The molecule has 0 unspecified atom stereocenters. The lowest BCUT2D eigenvalue weighted by molar-refractivity contribution is -0.137.